The van der Waals surface area contributed by atoms with Crippen molar-refractivity contribution in [1.29, 1.82) is 5.41 Å². The number of nitrogens with zero attached hydrogens (tertiary/aromatic N) is 3. The normalized spacial score (nSPS) is 13.4. The van der Waals surface area contributed by atoms with Gasteiger partial charge < -0.3 is 14.9 Å². The number of nitrogens with two attached hydrogens (primary N) is 1. The van der Waals surface area contributed by atoms with Crippen molar-refractivity contribution in [2.75, 3.05) is 0 Å². The van der Waals surface area contributed by atoms with Gasteiger partial charge in [-0.2, -0.15) is 0 Å². The Bertz CT molecular complexity index is 3330. The molecule has 8 aromatic carbocycles. The standard InChI is InChI=1S/C53H39N5/c1-53(2)43-25-12-9-23-39(43)49-44(53)32-41(34-18-15-19-35(30-34)52(55)56-51(54)33-16-5-3-6-17-33)48-40-24-11-14-27-46(40)58(50(48)49)37-28-29-47-42(31-37)38-22-10-13-26-45(38)57(47)36-20-7-4-8-21-36/h3-32H,1-2H3,(H3,54,55,56). The maximum absolute atomic E-state index is 9.06. The Morgan fingerprint density at radius 1 is 0.517 bits per heavy atom. The average Bonchev–Trinajstić information content (AvgIpc) is 3.87. The third-order valence-corrected chi connectivity index (χ3v) is 12.2. The van der Waals surface area contributed by atoms with Crippen molar-refractivity contribution in [2.24, 2.45) is 10.7 Å². The second-order valence-corrected chi connectivity index (χ2v) is 15.8. The highest BCUT2D eigenvalue weighted by atomic mass is 15.0. The fraction of sp³-hybridized carbons (Fsp3) is 0.0566. The van der Waals surface area contributed by atoms with E-state index in [1.165, 1.54) is 60.3 Å². The summed E-state index contributed by atoms with van der Waals surface area (Å²) in [6.45, 7) is 4.69. The van der Waals surface area contributed by atoms with Crippen LogP contribution in [-0.4, -0.2) is 20.8 Å². The van der Waals surface area contributed by atoms with Crippen molar-refractivity contribution in [3.05, 3.63) is 204 Å². The third-order valence-electron chi connectivity index (χ3n) is 12.2. The molecule has 0 spiro atoms. The molecule has 3 N–H and O–H groups in total. The van der Waals surface area contributed by atoms with Gasteiger partial charge in [0.2, 0.25) is 0 Å². The van der Waals surface area contributed by atoms with Crippen molar-refractivity contribution < 1.29 is 0 Å². The minimum atomic E-state index is -0.248. The first kappa shape index (κ1) is 33.8. The van der Waals surface area contributed by atoms with Crippen molar-refractivity contribution in [1.82, 2.24) is 9.13 Å². The van der Waals surface area contributed by atoms with Gasteiger partial charge in [0.1, 0.15) is 5.84 Å². The number of hydrogen-bond donors (Lipinski definition) is 2. The first-order chi connectivity index (χ1) is 28.4. The molecule has 0 saturated carbocycles. The first-order valence-electron chi connectivity index (χ1n) is 19.8. The van der Waals surface area contributed by atoms with Crippen LogP contribution in [0, 0.1) is 5.41 Å². The molecule has 1 aliphatic rings. The molecule has 0 fully saturated rings. The van der Waals surface area contributed by atoms with Crippen LogP contribution in [0.2, 0.25) is 0 Å². The van der Waals surface area contributed by atoms with Gasteiger partial charge in [-0.3, -0.25) is 5.41 Å². The molecule has 5 nitrogen and oxygen atoms in total. The molecule has 0 aliphatic heterocycles. The van der Waals surface area contributed by atoms with E-state index in [-0.39, 0.29) is 11.3 Å². The molecule has 0 saturated heterocycles. The first-order valence-corrected chi connectivity index (χ1v) is 19.8. The van der Waals surface area contributed by atoms with Crippen LogP contribution in [0.15, 0.2) is 187 Å². The topological polar surface area (TPSA) is 72.1 Å². The molecular formula is C53H39N5. The molecule has 0 radical (unpaired) electrons. The number of hydrogen-bond acceptors (Lipinski definition) is 1. The molecular weight excluding hydrogens is 707 g/mol. The molecule has 1 aliphatic carbocycles. The molecule has 0 amide bonds. The Balaban J connectivity index is 1.21. The lowest BCUT2D eigenvalue weighted by atomic mass is 9.81. The molecule has 10 aromatic rings. The monoisotopic (exact) mass is 745 g/mol. The Morgan fingerprint density at radius 2 is 1.16 bits per heavy atom. The van der Waals surface area contributed by atoms with Crippen molar-refractivity contribution >= 4 is 55.3 Å². The van der Waals surface area contributed by atoms with E-state index >= 15 is 0 Å². The fourth-order valence-electron chi connectivity index (χ4n) is 9.47. The molecule has 0 unspecified atom stereocenters. The highest BCUT2D eigenvalue weighted by molar-refractivity contribution is 6.22. The number of amidine groups is 2. The Kier molecular flexibility index (Phi) is 7.44. The van der Waals surface area contributed by atoms with Gasteiger partial charge in [-0.15, -0.1) is 0 Å². The summed E-state index contributed by atoms with van der Waals surface area (Å²) in [6, 6.07) is 64.3. The van der Waals surface area contributed by atoms with Crippen LogP contribution in [0.3, 0.4) is 0 Å². The van der Waals surface area contributed by atoms with E-state index in [2.05, 4.69) is 168 Å². The number of para-hydroxylation sites is 3. The van der Waals surface area contributed by atoms with E-state index < -0.39 is 0 Å². The summed E-state index contributed by atoms with van der Waals surface area (Å²) in [5, 5.41) is 13.8. The second-order valence-electron chi connectivity index (χ2n) is 15.8. The van der Waals surface area contributed by atoms with Gasteiger partial charge >= 0.3 is 0 Å². The number of aliphatic imine (C=N–C) groups is 1. The Hall–Kier alpha value is -7.50. The number of fused-ring (bicyclic) bond motifs is 10. The highest BCUT2D eigenvalue weighted by Gasteiger charge is 2.39. The summed E-state index contributed by atoms with van der Waals surface area (Å²) in [4.78, 5) is 4.56. The summed E-state index contributed by atoms with van der Waals surface area (Å²) in [6.07, 6.45) is 0. The number of rotatable bonds is 5. The van der Waals surface area contributed by atoms with Crippen LogP contribution >= 0.6 is 0 Å². The zero-order valence-corrected chi connectivity index (χ0v) is 32.2. The molecule has 58 heavy (non-hydrogen) atoms. The number of benzene rings is 8. The predicted octanol–water partition coefficient (Wildman–Crippen LogP) is 12.6. The maximum Gasteiger partial charge on any atom is 0.154 e. The van der Waals surface area contributed by atoms with Crippen molar-refractivity contribution in [2.45, 2.75) is 19.3 Å². The molecule has 0 atom stereocenters. The zero-order valence-electron chi connectivity index (χ0n) is 32.2. The van der Waals surface area contributed by atoms with Crippen LogP contribution < -0.4 is 5.73 Å². The maximum atomic E-state index is 9.06. The second kappa shape index (κ2) is 12.8. The van der Waals surface area contributed by atoms with Gasteiger partial charge in [0.05, 0.1) is 22.1 Å². The summed E-state index contributed by atoms with van der Waals surface area (Å²) in [5.41, 5.74) is 21.9. The molecule has 2 heterocycles. The van der Waals surface area contributed by atoms with E-state index in [1.807, 2.05) is 42.5 Å². The minimum absolute atomic E-state index is 0.124. The summed E-state index contributed by atoms with van der Waals surface area (Å²) in [7, 11) is 0. The Labute approximate surface area is 336 Å². The number of aromatic nitrogens is 2. The Morgan fingerprint density at radius 3 is 1.95 bits per heavy atom. The van der Waals surface area contributed by atoms with Crippen LogP contribution in [0.4, 0.5) is 0 Å². The van der Waals surface area contributed by atoms with Crippen LogP contribution in [-0.2, 0) is 5.41 Å². The van der Waals surface area contributed by atoms with Gasteiger partial charge in [0.15, 0.2) is 5.84 Å². The molecule has 0 bridgehead atoms. The average molecular weight is 746 g/mol. The quantitative estimate of drug-likeness (QED) is 0.134. The van der Waals surface area contributed by atoms with Gasteiger partial charge in [-0.25, -0.2) is 4.99 Å². The van der Waals surface area contributed by atoms with Gasteiger partial charge in [0, 0.05) is 55.0 Å². The van der Waals surface area contributed by atoms with E-state index in [4.69, 9.17) is 11.1 Å². The van der Waals surface area contributed by atoms with E-state index in [9.17, 15) is 0 Å². The molecule has 276 valence electrons. The van der Waals surface area contributed by atoms with E-state index in [0.29, 0.717) is 11.4 Å². The fourth-order valence-corrected chi connectivity index (χ4v) is 9.47. The molecule has 2 aromatic heterocycles. The SMILES string of the molecule is CC1(C)c2ccccc2-c2c1cc(-c1cccc(C(=N)N=C(N)c3ccccc3)c1)c1c3ccccc3n(-c3ccc4c(c3)c3ccccc3n4-c3ccccc3)c21. The van der Waals surface area contributed by atoms with Gasteiger partial charge in [0.25, 0.3) is 0 Å². The minimum Gasteiger partial charge on any atom is -0.383 e. The van der Waals surface area contributed by atoms with Crippen molar-refractivity contribution in [3.8, 4) is 33.6 Å². The third kappa shape index (κ3) is 4.96. The smallest absolute Gasteiger partial charge is 0.154 e. The largest absolute Gasteiger partial charge is 0.383 e. The zero-order chi connectivity index (χ0) is 39.1. The van der Waals surface area contributed by atoms with E-state index in [0.717, 1.165) is 33.6 Å². The van der Waals surface area contributed by atoms with Crippen molar-refractivity contribution in [3.63, 3.8) is 0 Å². The summed E-state index contributed by atoms with van der Waals surface area (Å²) >= 11 is 0. The lowest BCUT2D eigenvalue weighted by molar-refractivity contribution is 0.661. The van der Waals surface area contributed by atoms with Gasteiger partial charge in [-0.1, -0.05) is 141 Å². The number of nitrogens with one attached hydrogen (secondary N) is 1. The summed E-state index contributed by atoms with van der Waals surface area (Å²) in [5.74, 6) is 0.445. The van der Waals surface area contributed by atoms with Crippen LogP contribution in [0.25, 0.3) is 77.2 Å². The highest BCUT2D eigenvalue weighted by Crippen LogP contribution is 2.55. The summed E-state index contributed by atoms with van der Waals surface area (Å²) < 4.78 is 4.87. The predicted molar refractivity (Wildman–Crippen MR) is 242 cm³/mol. The lowest BCUT2D eigenvalue weighted by Crippen LogP contribution is -2.15. The molecule has 11 rings (SSSR count). The van der Waals surface area contributed by atoms with Crippen LogP contribution in [0.5, 0.6) is 0 Å². The van der Waals surface area contributed by atoms with Gasteiger partial charge in [-0.05, 0) is 82.4 Å². The molecule has 5 heteroatoms. The van der Waals surface area contributed by atoms with E-state index in [1.54, 1.807) is 0 Å². The lowest BCUT2D eigenvalue weighted by Gasteiger charge is -2.23. The van der Waals surface area contributed by atoms with Crippen LogP contribution in [0.1, 0.15) is 36.1 Å².